The minimum absolute atomic E-state index is 0.0309. The molecule has 0 bridgehead atoms. The monoisotopic (exact) mass is 398 g/mol. The first kappa shape index (κ1) is 20.7. The molecule has 2 aromatic rings. The Morgan fingerprint density at radius 3 is 2.62 bits per heavy atom. The Morgan fingerprint density at radius 2 is 1.93 bits per heavy atom. The molecule has 0 saturated carbocycles. The lowest BCUT2D eigenvalue weighted by atomic mass is 9.92. The number of aryl methyl sites for hydroxylation is 2. The number of hydrogen-bond donors (Lipinski definition) is 2. The third kappa shape index (κ3) is 4.19. The molecule has 1 aliphatic rings. The van der Waals surface area contributed by atoms with Crippen molar-refractivity contribution in [3.05, 3.63) is 59.2 Å². The highest BCUT2D eigenvalue weighted by Crippen LogP contribution is 2.31. The van der Waals surface area contributed by atoms with Crippen LogP contribution in [0.1, 0.15) is 23.6 Å². The molecule has 1 aliphatic heterocycles. The molecule has 7 nitrogen and oxygen atoms in total. The predicted octanol–water partition coefficient (Wildman–Crippen LogP) is 2.52. The molecule has 7 heteroatoms. The first-order valence-electron chi connectivity index (χ1n) is 9.41. The zero-order chi connectivity index (χ0) is 21.2. The standard InChI is InChI=1S/C22H26N2O5/c1-14-8-9-19(15(2)10-14)29-13-17(25)12-24-20(26)22(3,23-21(24)27)16-6-5-7-18(11-16)28-4/h5-11,17,25H,12-13H2,1-4H3,(H,23,27). The van der Waals surface area contributed by atoms with Gasteiger partial charge in [0.1, 0.15) is 29.7 Å². The van der Waals surface area contributed by atoms with Gasteiger partial charge in [-0.3, -0.25) is 9.69 Å². The van der Waals surface area contributed by atoms with E-state index in [0.717, 1.165) is 16.0 Å². The minimum Gasteiger partial charge on any atom is -0.497 e. The summed E-state index contributed by atoms with van der Waals surface area (Å²) in [6.07, 6.45) is -1.02. The van der Waals surface area contributed by atoms with E-state index in [0.29, 0.717) is 17.1 Å². The van der Waals surface area contributed by atoms with E-state index in [4.69, 9.17) is 9.47 Å². The van der Waals surface area contributed by atoms with Crippen LogP contribution in [0.4, 0.5) is 4.79 Å². The number of carbonyl (C=O) groups excluding carboxylic acids is 2. The average Bonchev–Trinajstić information content (AvgIpc) is 2.91. The van der Waals surface area contributed by atoms with E-state index in [1.54, 1.807) is 31.2 Å². The first-order valence-corrected chi connectivity index (χ1v) is 9.41. The van der Waals surface area contributed by atoms with Crippen LogP contribution in [0.15, 0.2) is 42.5 Å². The van der Waals surface area contributed by atoms with Crippen molar-refractivity contribution in [1.29, 1.82) is 0 Å². The molecule has 0 aromatic heterocycles. The molecule has 0 radical (unpaired) electrons. The molecule has 3 rings (SSSR count). The molecule has 3 amide bonds. The van der Waals surface area contributed by atoms with E-state index >= 15 is 0 Å². The van der Waals surface area contributed by atoms with Crippen molar-refractivity contribution in [3.8, 4) is 11.5 Å². The number of methoxy groups -OCH3 is 1. The van der Waals surface area contributed by atoms with E-state index < -0.39 is 23.6 Å². The average molecular weight is 398 g/mol. The van der Waals surface area contributed by atoms with E-state index in [1.807, 2.05) is 32.0 Å². The Balaban J connectivity index is 1.67. The highest BCUT2D eigenvalue weighted by Gasteiger charge is 2.49. The Bertz CT molecular complexity index is 929. The summed E-state index contributed by atoms with van der Waals surface area (Å²) >= 11 is 0. The van der Waals surface area contributed by atoms with E-state index in [2.05, 4.69) is 5.32 Å². The Labute approximate surface area is 170 Å². The van der Waals surface area contributed by atoms with Crippen molar-refractivity contribution >= 4 is 11.9 Å². The van der Waals surface area contributed by atoms with Crippen LogP contribution in [0.5, 0.6) is 11.5 Å². The summed E-state index contributed by atoms with van der Waals surface area (Å²) in [7, 11) is 1.54. The number of urea groups is 1. The molecule has 1 fully saturated rings. The maximum absolute atomic E-state index is 13.0. The smallest absolute Gasteiger partial charge is 0.325 e. The third-order valence-corrected chi connectivity index (χ3v) is 5.08. The van der Waals surface area contributed by atoms with Gasteiger partial charge in [0.25, 0.3) is 5.91 Å². The SMILES string of the molecule is COc1cccc(C2(C)NC(=O)N(CC(O)COc3ccc(C)cc3C)C2=O)c1. The number of aliphatic hydroxyl groups excluding tert-OH is 1. The number of ether oxygens (including phenoxy) is 2. The quantitative estimate of drug-likeness (QED) is 0.700. The fourth-order valence-electron chi connectivity index (χ4n) is 3.40. The number of benzene rings is 2. The predicted molar refractivity (Wildman–Crippen MR) is 108 cm³/mol. The van der Waals surface area contributed by atoms with Gasteiger partial charge in [0.05, 0.1) is 13.7 Å². The van der Waals surface area contributed by atoms with Crippen LogP contribution in [-0.4, -0.2) is 48.3 Å². The van der Waals surface area contributed by atoms with Crippen molar-refractivity contribution in [3.63, 3.8) is 0 Å². The fourth-order valence-corrected chi connectivity index (χ4v) is 3.40. The van der Waals surface area contributed by atoms with Crippen LogP contribution < -0.4 is 14.8 Å². The second-order valence-corrected chi connectivity index (χ2v) is 7.44. The molecule has 2 aromatic carbocycles. The number of β-amino-alcohol motifs (C(OH)–C–C–N with tert-alkyl or cyclic N) is 1. The van der Waals surface area contributed by atoms with Gasteiger partial charge in [-0.15, -0.1) is 0 Å². The van der Waals surface area contributed by atoms with Gasteiger partial charge in [0.2, 0.25) is 0 Å². The summed E-state index contributed by atoms with van der Waals surface area (Å²) < 4.78 is 10.9. The molecular formula is C22H26N2O5. The lowest BCUT2D eigenvalue weighted by Crippen LogP contribution is -2.42. The summed E-state index contributed by atoms with van der Waals surface area (Å²) in [4.78, 5) is 26.5. The van der Waals surface area contributed by atoms with Gasteiger partial charge >= 0.3 is 6.03 Å². The van der Waals surface area contributed by atoms with Crippen molar-refractivity contribution in [2.24, 2.45) is 0 Å². The van der Waals surface area contributed by atoms with Gasteiger partial charge in [-0.05, 0) is 50.1 Å². The number of imide groups is 1. The molecule has 1 heterocycles. The van der Waals surface area contributed by atoms with Crippen molar-refractivity contribution in [1.82, 2.24) is 10.2 Å². The number of nitrogens with one attached hydrogen (secondary N) is 1. The summed E-state index contributed by atoms with van der Waals surface area (Å²) in [5.74, 6) is 0.820. The van der Waals surface area contributed by atoms with Crippen LogP contribution in [0.2, 0.25) is 0 Å². The van der Waals surface area contributed by atoms with E-state index in [9.17, 15) is 14.7 Å². The van der Waals surface area contributed by atoms with E-state index in [-0.39, 0.29) is 13.2 Å². The number of carbonyl (C=O) groups is 2. The van der Waals surface area contributed by atoms with Gasteiger partial charge in [-0.25, -0.2) is 4.79 Å². The first-order chi connectivity index (χ1) is 13.7. The molecule has 2 N–H and O–H groups in total. The topological polar surface area (TPSA) is 88.1 Å². The van der Waals surface area contributed by atoms with Gasteiger partial charge in [0.15, 0.2) is 0 Å². The number of nitrogens with zero attached hydrogens (tertiary/aromatic N) is 1. The summed E-state index contributed by atoms with van der Waals surface area (Å²) in [6.45, 7) is 5.36. The number of rotatable bonds is 7. The molecule has 2 atom stereocenters. The summed E-state index contributed by atoms with van der Waals surface area (Å²) in [5, 5.41) is 13.1. The Morgan fingerprint density at radius 1 is 1.17 bits per heavy atom. The van der Waals surface area contributed by atoms with Crippen molar-refractivity contribution in [2.75, 3.05) is 20.3 Å². The van der Waals surface area contributed by atoms with Crippen LogP contribution in [0, 0.1) is 13.8 Å². The number of aliphatic hydroxyl groups is 1. The van der Waals surface area contributed by atoms with Crippen molar-refractivity contribution < 1.29 is 24.2 Å². The molecule has 154 valence electrons. The molecule has 2 unspecified atom stereocenters. The van der Waals surface area contributed by atoms with Crippen LogP contribution in [0.3, 0.4) is 0 Å². The second-order valence-electron chi connectivity index (χ2n) is 7.44. The fraction of sp³-hybridized carbons (Fsp3) is 0.364. The number of hydrogen-bond acceptors (Lipinski definition) is 5. The Hall–Kier alpha value is -3.06. The third-order valence-electron chi connectivity index (χ3n) is 5.08. The Kier molecular flexibility index (Phi) is 5.79. The molecular weight excluding hydrogens is 372 g/mol. The van der Waals surface area contributed by atoms with Gasteiger partial charge < -0.3 is 19.9 Å². The van der Waals surface area contributed by atoms with Gasteiger partial charge in [0, 0.05) is 0 Å². The van der Waals surface area contributed by atoms with Gasteiger partial charge in [-0.1, -0.05) is 29.8 Å². The zero-order valence-electron chi connectivity index (χ0n) is 17.1. The maximum atomic E-state index is 13.0. The number of amides is 3. The minimum atomic E-state index is -1.22. The normalized spacial score (nSPS) is 19.8. The van der Waals surface area contributed by atoms with E-state index in [1.165, 1.54) is 7.11 Å². The lowest BCUT2D eigenvalue weighted by Gasteiger charge is -2.23. The highest BCUT2D eigenvalue weighted by atomic mass is 16.5. The van der Waals surface area contributed by atoms with Crippen LogP contribution >= 0.6 is 0 Å². The van der Waals surface area contributed by atoms with Crippen molar-refractivity contribution in [2.45, 2.75) is 32.4 Å². The molecule has 29 heavy (non-hydrogen) atoms. The van der Waals surface area contributed by atoms with Crippen LogP contribution in [-0.2, 0) is 10.3 Å². The largest absolute Gasteiger partial charge is 0.497 e. The summed E-state index contributed by atoms with van der Waals surface area (Å²) in [6, 6.07) is 12.2. The highest BCUT2D eigenvalue weighted by molar-refractivity contribution is 6.07. The van der Waals surface area contributed by atoms with Crippen LogP contribution in [0.25, 0.3) is 0 Å². The van der Waals surface area contributed by atoms with Gasteiger partial charge in [-0.2, -0.15) is 0 Å². The molecule has 0 spiro atoms. The molecule has 1 saturated heterocycles. The second kappa shape index (κ2) is 8.13. The molecule has 0 aliphatic carbocycles. The summed E-state index contributed by atoms with van der Waals surface area (Å²) in [5.41, 5.74) is 1.46. The lowest BCUT2D eigenvalue weighted by molar-refractivity contribution is -0.132. The zero-order valence-corrected chi connectivity index (χ0v) is 17.1. The maximum Gasteiger partial charge on any atom is 0.325 e.